The molecule has 0 aliphatic carbocycles. The van der Waals surface area contributed by atoms with Crippen LogP contribution in [0.5, 0.6) is 5.75 Å². The summed E-state index contributed by atoms with van der Waals surface area (Å²) in [4.78, 5) is 8.54. The maximum atomic E-state index is 14.1. The van der Waals surface area contributed by atoms with Crippen molar-refractivity contribution in [2.45, 2.75) is 17.8 Å². The highest BCUT2D eigenvalue weighted by Gasteiger charge is 2.56. The summed E-state index contributed by atoms with van der Waals surface area (Å²) in [5, 5.41) is 11.4. The van der Waals surface area contributed by atoms with Crippen molar-refractivity contribution in [3.8, 4) is 5.75 Å². The van der Waals surface area contributed by atoms with Crippen LogP contribution in [0.2, 0.25) is 0 Å². The van der Waals surface area contributed by atoms with Crippen LogP contribution in [0.3, 0.4) is 0 Å². The Kier molecular flexibility index (Phi) is 5.32. The topological polar surface area (TPSA) is 54.7 Å². The van der Waals surface area contributed by atoms with Gasteiger partial charge in [0.05, 0.1) is 5.52 Å². The molecule has 5 rings (SSSR count). The Hall–Kier alpha value is -3.78. The number of rotatable bonds is 5. The second-order valence-corrected chi connectivity index (χ2v) is 8.05. The van der Waals surface area contributed by atoms with Crippen molar-refractivity contribution in [3.05, 3.63) is 107 Å². The minimum atomic E-state index is -5.00. The van der Waals surface area contributed by atoms with Crippen molar-refractivity contribution in [2.75, 3.05) is 6.61 Å². The number of hydrogen-bond donors (Lipinski definition) is 1. The molecule has 0 saturated carbocycles. The second kappa shape index (κ2) is 8.22. The SMILES string of the molecule is OC(COc1cccc2ncccc12)(c1ccc2c(c1)C=NC2c1ccc(F)cc1)C(F)(F)F. The van der Waals surface area contributed by atoms with E-state index in [-0.39, 0.29) is 11.3 Å². The molecule has 0 fully saturated rings. The first-order valence-electron chi connectivity index (χ1n) is 10.4. The van der Waals surface area contributed by atoms with E-state index < -0.39 is 30.2 Å². The zero-order valence-electron chi connectivity index (χ0n) is 17.6. The lowest BCUT2D eigenvalue weighted by molar-refractivity contribution is -0.275. The zero-order chi connectivity index (χ0) is 23.9. The van der Waals surface area contributed by atoms with E-state index in [4.69, 9.17) is 4.74 Å². The monoisotopic (exact) mass is 466 g/mol. The third-order valence-electron chi connectivity index (χ3n) is 5.92. The molecule has 2 unspecified atom stereocenters. The van der Waals surface area contributed by atoms with Gasteiger partial charge in [-0.2, -0.15) is 13.2 Å². The highest BCUT2D eigenvalue weighted by atomic mass is 19.4. The van der Waals surface area contributed by atoms with Gasteiger partial charge < -0.3 is 9.84 Å². The number of aromatic nitrogens is 1. The van der Waals surface area contributed by atoms with Gasteiger partial charge in [0.15, 0.2) is 0 Å². The quantitative estimate of drug-likeness (QED) is 0.383. The average Bonchev–Trinajstić information content (AvgIpc) is 3.25. The summed E-state index contributed by atoms with van der Waals surface area (Å²) in [6.45, 7) is -1.04. The van der Waals surface area contributed by atoms with Gasteiger partial charge in [-0.3, -0.25) is 9.98 Å². The Morgan fingerprint density at radius 1 is 0.941 bits per heavy atom. The molecule has 0 spiro atoms. The summed E-state index contributed by atoms with van der Waals surface area (Å²) in [7, 11) is 0. The third-order valence-corrected chi connectivity index (χ3v) is 5.92. The number of nitrogens with zero attached hydrogens (tertiary/aromatic N) is 2. The van der Waals surface area contributed by atoms with Gasteiger partial charge in [-0.05, 0) is 64.7 Å². The standard InChI is InChI=1S/C26H18F4N2O2/c27-19-9-6-16(7-10-19)24-20-11-8-18(13-17(20)14-32-24)25(33,26(28,29)30)15-34-23-5-1-4-22-21(23)3-2-12-31-22/h1-14,24,33H,15H2. The maximum absolute atomic E-state index is 14.1. The minimum absolute atomic E-state index is 0.187. The van der Waals surface area contributed by atoms with Gasteiger partial charge in [-0.15, -0.1) is 0 Å². The van der Waals surface area contributed by atoms with Crippen LogP contribution in [-0.4, -0.2) is 29.1 Å². The summed E-state index contributed by atoms with van der Waals surface area (Å²) in [6, 6.07) is 17.5. The average molecular weight is 466 g/mol. The fraction of sp³-hybridized carbons (Fsp3) is 0.154. The van der Waals surface area contributed by atoms with E-state index in [1.165, 1.54) is 42.6 Å². The number of pyridine rings is 1. The summed E-state index contributed by atoms with van der Waals surface area (Å²) >= 11 is 0. The molecule has 4 aromatic rings. The molecule has 172 valence electrons. The van der Waals surface area contributed by atoms with Gasteiger partial charge in [0.1, 0.15) is 24.2 Å². The normalized spacial score (nSPS) is 16.9. The van der Waals surface area contributed by atoms with Crippen molar-refractivity contribution in [3.63, 3.8) is 0 Å². The van der Waals surface area contributed by atoms with Crippen molar-refractivity contribution in [2.24, 2.45) is 4.99 Å². The summed E-state index contributed by atoms with van der Waals surface area (Å²) < 4.78 is 61.1. The lowest BCUT2D eigenvalue weighted by Crippen LogP contribution is -2.47. The fourth-order valence-electron chi connectivity index (χ4n) is 4.05. The first-order valence-corrected chi connectivity index (χ1v) is 10.4. The Bertz CT molecular complexity index is 1380. The highest BCUT2D eigenvalue weighted by molar-refractivity contribution is 5.86. The van der Waals surface area contributed by atoms with Crippen LogP contribution < -0.4 is 4.74 Å². The first-order chi connectivity index (χ1) is 16.3. The van der Waals surface area contributed by atoms with Gasteiger partial charge in [0, 0.05) is 17.8 Å². The molecule has 4 nitrogen and oxygen atoms in total. The number of aliphatic imine (C=N–C) groups is 1. The molecule has 0 bridgehead atoms. The highest BCUT2D eigenvalue weighted by Crippen LogP contribution is 2.42. The molecule has 1 aliphatic heterocycles. The van der Waals surface area contributed by atoms with Crippen LogP contribution in [0.1, 0.15) is 28.3 Å². The van der Waals surface area contributed by atoms with E-state index in [0.29, 0.717) is 27.6 Å². The van der Waals surface area contributed by atoms with Gasteiger partial charge in [0.25, 0.3) is 0 Å². The van der Waals surface area contributed by atoms with Crippen molar-refractivity contribution in [1.29, 1.82) is 0 Å². The predicted molar refractivity (Wildman–Crippen MR) is 119 cm³/mol. The molecule has 0 radical (unpaired) electrons. The summed E-state index contributed by atoms with van der Waals surface area (Å²) in [5.74, 6) is -0.203. The number of ether oxygens (including phenoxy) is 1. The molecule has 0 saturated heterocycles. The van der Waals surface area contributed by atoms with E-state index >= 15 is 0 Å². The zero-order valence-corrected chi connectivity index (χ0v) is 17.6. The molecular weight excluding hydrogens is 448 g/mol. The number of hydrogen-bond acceptors (Lipinski definition) is 4. The van der Waals surface area contributed by atoms with Gasteiger partial charge in [-0.1, -0.05) is 30.3 Å². The lowest BCUT2D eigenvalue weighted by atomic mass is 9.89. The molecule has 34 heavy (non-hydrogen) atoms. The van der Waals surface area contributed by atoms with E-state index in [1.54, 1.807) is 42.6 Å². The minimum Gasteiger partial charge on any atom is -0.489 e. The molecule has 2 atom stereocenters. The van der Waals surface area contributed by atoms with E-state index in [2.05, 4.69) is 9.98 Å². The molecule has 8 heteroatoms. The molecule has 0 amide bonds. The Morgan fingerprint density at radius 2 is 1.74 bits per heavy atom. The third kappa shape index (κ3) is 3.80. The van der Waals surface area contributed by atoms with Gasteiger partial charge in [-0.25, -0.2) is 4.39 Å². The van der Waals surface area contributed by atoms with E-state index in [1.807, 2.05) is 0 Å². The Morgan fingerprint density at radius 3 is 2.50 bits per heavy atom. The number of fused-ring (bicyclic) bond motifs is 2. The number of benzene rings is 3. The van der Waals surface area contributed by atoms with Crippen LogP contribution in [0, 0.1) is 5.82 Å². The maximum Gasteiger partial charge on any atom is 0.424 e. The van der Waals surface area contributed by atoms with Crippen molar-refractivity contribution < 1.29 is 27.4 Å². The van der Waals surface area contributed by atoms with E-state index in [0.717, 1.165) is 0 Å². The lowest BCUT2D eigenvalue weighted by Gasteiger charge is -2.31. The number of aliphatic hydroxyl groups is 1. The van der Waals surface area contributed by atoms with Gasteiger partial charge in [0.2, 0.25) is 5.60 Å². The molecule has 1 aromatic heterocycles. The number of alkyl halides is 3. The fourth-order valence-corrected chi connectivity index (χ4v) is 4.05. The Labute approximate surface area is 192 Å². The molecule has 2 heterocycles. The molecular formula is C26H18F4N2O2. The smallest absolute Gasteiger partial charge is 0.424 e. The van der Waals surface area contributed by atoms with Gasteiger partial charge >= 0.3 is 6.18 Å². The largest absolute Gasteiger partial charge is 0.489 e. The second-order valence-electron chi connectivity index (χ2n) is 8.05. The molecule has 3 aromatic carbocycles. The Balaban J connectivity index is 1.47. The summed E-state index contributed by atoms with van der Waals surface area (Å²) in [5.41, 5.74) is -1.22. The van der Waals surface area contributed by atoms with E-state index in [9.17, 15) is 22.7 Å². The van der Waals surface area contributed by atoms with Crippen LogP contribution in [0.15, 0.2) is 84.0 Å². The van der Waals surface area contributed by atoms with Crippen LogP contribution >= 0.6 is 0 Å². The first kappa shape index (κ1) is 22.0. The van der Waals surface area contributed by atoms with Crippen LogP contribution in [-0.2, 0) is 5.60 Å². The van der Waals surface area contributed by atoms with Crippen molar-refractivity contribution >= 4 is 17.1 Å². The van der Waals surface area contributed by atoms with Crippen molar-refractivity contribution in [1.82, 2.24) is 4.98 Å². The molecule has 1 aliphatic rings. The molecule has 1 N–H and O–H groups in total. The number of halogens is 4. The van der Waals surface area contributed by atoms with Crippen LogP contribution in [0.4, 0.5) is 17.6 Å². The van der Waals surface area contributed by atoms with Crippen LogP contribution in [0.25, 0.3) is 10.9 Å². The summed E-state index contributed by atoms with van der Waals surface area (Å²) in [6.07, 6.45) is -1.97. The predicted octanol–water partition coefficient (Wildman–Crippen LogP) is 5.72.